The van der Waals surface area contributed by atoms with Crippen LogP contribution < -0.4 is 0 Å². The summed E-state index contributed by atoms with van der Waals surface area (Å²) in [4.78, 5) is 10.3. The summed E-state index contributed by atoms with van der Waals surface area (Å²) in [5.74, 6) is -0.987. The predicted molar refractivity (Wildman–Crippen MR) is 48.6 cm³/mol. The number of carboxylic acids is 1. The number of aliphatic carboxylic acids is 1. The maximum atomic E-state index is 11.7. The molecule has 0 aliphatic rings. The summed E-state index contributed by atoms with van der Waals surface area (Å²) in [6.45, 7) is -0.573. The van der Waals surface area contributed by atoms with Crippen LogP contribution in [-0.2, 0) is 22.6 Å². The second-order valence-electron chi connectivity index (χ2n) is 3.12. The Labute approximate surface area is 89.5 Å². The molecule has 0 heterocycles. The fourth-order valence-electron chi connectivity index (χ4n) is 1.09. The molecule has 0 aliphatic carbocycles. The number of benzene rings is 1. The van der Waals surface area contributed by atoms with Crippen LogP contribution in [0.3, 0.4) is 0 Å². The number of carbonyl (C=O) groups is 1. The summed E-state index contributed by atoms with van der Waals surface area (Å²) in [6, 6.07) is 5.74. The first-order valence-corrected chi connectivity index (χ1v) is 4.37. The standard InChI is InChI=1S/C10H9F3O3/c11-10(12,13)16-6-8-3-1-7(2-4-8)5-9(14)15/h1-4H,5-6H2,(H,14,15). The first-order chi connectivity index (χ1) is 7.37. The summed E-state index contributed by atoms with van der Waals surface area (Å²) in [7, 11) is 0. The molecular weight excluding hydrogens is 225 g/mol. The maximum absolute atomic E-state index is 11.7. The number of ether oxygens (including phenoxy) is 1. The number of carboxylic acid groups (broad SMARTS) is 1. The Bertz CT molecular complexity index is 357. The molecule has 0 fully saturated rings. The van der Waals surface area contributed by atoms with Crippen LogP contribution in [0.15, 0.2) is 24.3 Å². The van der Waals surface area contributed by atoms with E-state index in [4.69, 9.17) is 5.11 Å². The normalized spacial score (nSPS) is 11.4. The molecule has 0 spiro atoms. The molecule has 3 nitrogen and oxygen atoms in total. The summed E-state index contributed by atoms with van der Waals surface area (Å²) < 4.78 is 38.7. The molecule has 1 rings (SSSR count). The Balaban J connectivity index is 2.55. The Morgan fingerprint density at radius 2 is 1.69 bits per heavy atom. The van der Waals surface area contributed by atoms with Gasteiger partial charge < -0.3 is 5.11 Å². The first kappa shape index (κ1) is 12.5. The Kier molecular flexibility index (Phi) is 3.89. The van der Waals surface area contributed by atoms with Crippen molar-refractivity contribution in [1.29, 1.82) is 0 Å². The monoisotopic (exact) mass is 234 g/mol. The molecule has 0 bridgehead atoms. The van der Waals surface area contributed by atoms with E-state index in [1.165, 1.54) is 24.3 Å². The van der Waals surface area contributed by atoms with E-state index >= 15 is 0 Å². The average Bonchev–Trinajstić information content (AvgIpc) is 2.14. The van der Waals surface area contributed by atoms with Crippen LogP contribution in [0.1, 0.15) is 11.1 Å². The molecule has 0 saturated heterocycles. The van der Waals surface area contributed by atoms with Crippen molar-refractivity contribution < 1.29 is 27.8 Å². The van der Waals surface area contributed by atoms with Gasteiger partial charge in [-0.2, -0.15) is 0 Å². The van der Waals surface area contributed by atoms with Crippen LogP contribution in [0, 0.1) is 0 Å². The van der Waals surface area contributed by atoms with Crippen molar-refractivity contribution in [2.75, 3.05) is 0 Å². The molecule has 0 saturated carbocycles. The number of alkyl halides is 3. The zero-order chi connectivity index (χ0) is 12.2. The smallest absolute Gasteiger partial charge is 0.481 e. The lowest BCUT2D eigenvalue weighted by atomic mass is 10.1. The Morgan fingerprint density at radius 3 is 2.12 bits per heavy atom. The Hall–Kier alpha value is -1.56. The van der Waals surface area contributed by atoms with Crippen molar-refractivity contribution in [3.8, 4) is 0 Å². The first-order valence-electron chi connectivity index (χ1n) is 4.37. The lowest BCUT2D eigenvalue weighted by Gasteiger charge is -2.07. The van der Waals surface area contributed by atoms with Crippen molar-refractivity contribution in [1.82, 2.24) is 0 Å². The molecule has 0 radical (unpaired) electrons. The summed E-state index contributed by atoms with van der Waals surface area (Å²) >= 11 is 0. The quantitative estimate of drug-likeness (QED) is 0.869. The van der Waals surface area contributed by atoms with E-state index in [2.05, 4.69) is 4.74 Å². The minimum Gasteiger partial charge on any atom is -0.481 e. The van der Waals surface area contributed by atoms with Crippen molar-refractivity contribution >= 4 is 5.97 Å². The minimum absolute atomic E-state index is 0.152. The van der Waals surface area contributed by atoms with Gasteiger partial charge in [-0.1, -0.05) is 24.3 Å². The molecule has 0 amide bonds. The van der Waals surface area contributed by atoms with Gasteiger partial charge in [0.2, 0.25) is 0 Å². The van der Waals surface area contributed by atoms with E-state index in [0.717, 1.165) is 0 Å². The number of rotatable bonds is 4. The SMILES string of the molecule is O=C(O)Cc1ccc(COC(F)(F)F)cc1. The fraction of sp³-hybridized carbons (Fsp3) is 0.300. The summed E-state index contributed by atoms with van der Waals surface area (Å²) in [5, 5.41) is 8.47. The van der Waals surface area contributed by atoms with Crippen molar-refractivity contribution in [2.45, 2.75) is 19.4 Å². The van der Waals surface area contributed by atoms with E-state index in [9.17, 15) is 18.0 Å². The maximum Gasteiger partial charge on any atom is 0.522 e. The number of hydrogen-bond donors (Lipinski definition) is 1. The van der Waals surface area contributed by atoms with Gasteiger partial charge in [-0.3, -0.25) is 9.53 Å². The zero-order valence-corrected chi connectivity index (χ0v) is 8.12. The molecular formula is C10H9F3O3. The van der Waals surface area contributed by atoms with E-state index in [1.54, 1.807) is 0 Å². The van der Waals surface area contributed by atoms with Gasteiger partial charge in [0.15, 0.2) is 0 Å². The molecule has 0 unspecified atom stereocenters. The summed E-state index contributed by atoms with van der Waals surface area (Å²) in [5.41, 5.74) is 0.870. The second kappa shape index (κ2) is 4.98. The van der Waals surface area contributed by atoms with Gasteiger partial charge in [0.05, 0.1) is 13.0 Å². The highest BCUT2D eigenvalue weighted by atomic mass is 19.4. The average molecular weight is 234 g/mol. The largest absolute Gasteiger partial charge is 0.522 e. The highest BCUT2D eigenvalue weighted by molar-refractivity contribution is 5.70. The van der Waals surface area contributed by atoms with E-state index < -0.39 is 18.9 Å². The molecule has 0 atom stereocenters. The van der Waals surface area contributed by atoms with Gasteiger partial charge in [0, 0.05) is 0 Å². The van der Waals surface area contributed by atoms with Gasteiger partial charge in [0.1, 0.15) is 0 Å². The minimum atomic E-state index is -4.65. The second-order valence-corrected chi connectivity index (χ2v) is 3.12. The molecule has 0 aliphatic heterocycles. The lowest BCUT2D eigenvalue weighted by Crippen LogP contribution is -2.12. The topological polar surface area (TPSA) is 46.5 Å². The molecule has 0 aromatic heterocycles. The van der Waals surface area contributed by atoms with E-state index in [1.807, 2.05) is 0 Å². The highest BCUT2D eigenvalue weighted by Crippen LogP contribution is 2.18. The van der Waals surface area contributed by atoms with Crippen molar-refractivity contribution in [3.05, 3.63) is 35.4 Å². The van der Waals surface area contributed by atoms with Crippen LogP contribution in [0.4, 0.5) is 13.2 Å². The van der Waals surface area contributed by atoms with Crippen LogP contribution in [-0.4, -0.2) is 17.4 Å². The third-order valence-corrected chi connectivity index (χ3v) is 1.78. The summed E-state index contributed by atoms with van der Waals surface area (Å²) in [6.07, 6.45) is -4.81. The Morgan fingerprint density at radius 1 is 1.19 bits per heavy atom. The molecule has 1 N–H and O–H groups in total. The number of halogens is 3. The van der Waals surface area contributed by atoms with Crippen LogP contribution in [0.2, 0.25) is 0 Å². The zero-order valence-electron chi connectivity index (χ0n) is 8.12. The van der Waals surface area contributed by atoms with Crippen LogP contribution >= 0.6 is 0 Å². The van der Waals surface area contributed by atoms with E-state index in [-0.39, 0.29) is 6.42 Å². The lowest BCUT2D eigenvalue weighted by molar-refractivity contribution is -0.330. The van der Waals surface area contributed by atoms with Gasteiger partial charge in [0.25, 0.3) is 0 Å². The molecule has 1 aromatic rings. The predicted octanol–water partition coefficient (Wildman–Crippen LogP) is 2.35. The molecule has 88 valence electrons. The van der Waals surface area contributed by atoms with Crippen molar-refractivity contribution in [3.63, 3.8) is 0 Å². The third kappa shape index (κ3) is 4.79. The van der Waals surface area contributed by atoms with Gasteiger partial charge in [-0.15, -0.1) is 13.2 Å². The highest BCUT2D eigenvalue weighted by Gasteiger charge is 2.28. The van der Waals surface area contributed by atoms with Crippen LogP contribution in [0.5, 0.6) is 0 Å². The fourth-order valence-corrected chi connectivity index (χ4v) is 1.09. The van der Waals surface area contributed by atoms with Gasteiger partial charge in [-0.25, -0.2) is 0 Å². The van der Waals surface area contributed by atoms with Crippen molar-refractivity contribution in [2.24, 2.45) is 0 Å². The van der Waals surface area contributed by atoms with E-state index in [0.29, 0.717) is 11.1 Å². The van der Waals surface area contributed by atoms with Gasteiger partial charge in [-0.05, 0) is 11.1 Å². The number of hydrogen-bond acceptors (Lipinski definition) is 2. The third-order valence-electron chi connectivity index (χ3n) is 1.78. The van der Waals surface area contributed by atoms with Gasteiger partial charge >= 0.3 is 12.3 Å². The molecule has 16 heavy (non-hydrogen) atoms. The van der Waals surface area contributed by atoms with Crippen LogP contribution in [0.25, 0.3) is 0 Å². The molecule has 1 aromatic carbocycles. The molecule has 6 heteroatoms.